The zero-order valence-electron chi connectivity index (χ0n) is 13.8. The molecule has 0 unspecified atom stereocenters. The smallest absolute Gasteiger partial charge is 0.341 e. The summed E-state index contributed by atoms with van der Waals surface area (Å²) in [7, 11) is 1.80. The minimum absolute atomic E-state index is 0.0501. The molecule has 4 rings (SSSR count). The van der Waals surface area contributed by atoms with Crippen LogP contribution in [0.15, 0.2) is 41.3 Å². The number of nitrogens with zero attached hydrogens (tertiary/aromatic N) is 4. The van der Waals surface area contributed by atoms with Crippen molar-refractivity contribution in [2.75, 3.05) is 6.54 Å². The molecule has 1 aliphatic rings. The SMILES string of the molecule is Cn1c2c(c(=O)n3ncc(C(=O)O)c13)CN(Cc1ccccc1)CC2. The third kappa shape index (κ3) is 2.53. The molecule has 3 heterocycles. The number of carboxylic acids is 1. The van der Waals surface area contributed by atoms with Crippen LogP contribution in [0, 0.1) is 0 Å². The number of rotatable bonds is 3. The Morgan fingerprint density at radius 1 is 1.28 bits per heavy atom. The summed E-state index contributed by atoms with van der Waals surface area (Å²) in [6.07, 6.45) is 1.95. The third-order valence-corrected chi connectivity index (χ3v) is 4.79. The molecule has 2 aromatic heterocycles. The highest BCUT2D eigenvalue weighted by Gasteiger charge is 2.26. The molecule has 7 heteroatoms. The summed E-state index contributed by atoms with van der Waals surface area (Å²) in [5, 5.41) is 13.3. The predicted octanol–water partition coefficient (Wildman–Crippen LogP) is 1.29. The molecule has 128 valence electrons. The third-order valence-electron chi connectivity index (χ3n) is 4.79. The van der Waals surface area contributed by atoms with Gasteiger partial charge in [-0.15, -0.1) is 0 Å². The van der Waals surface area contributed by atoms with Gasteiger partial charge in [0.25, 0.3) is 5.56 Å². The van der Waals surface area contributed by atoms with Gasteiger partial charge in [-0.1, -0.05) is 30.3 Å². The first-order chi connectivity index (χ1) is 12.1. The molecule has 25 heavy (non-hydrogen) atoms. The molecule has 0 spiro atoms. The lowest BCUT2D eigenvalue weighted by Gasteiger charge is -2.29. The summed E-state index contributed by atoms with van der Waals surface area (Å²) in [6.45, 7) is 2.14. The molecule has 1 aromatic carbocycles. The topological polar surface area (TPSA) is 79.8 Å². The summed E-state index contributed by atoms with van der Waals surface area (Å²) in [5.74, 6) is -1.08. The van der Waals surface area contributed by atoms with Gasteiger partial charge in [0.2, 0.25) is 0 Å². The molecule has 1 N–H and O–H groups in total. The van der Waals surface area contributed by atoms with Gasteiger partial charge in [-0.25, -0.2) is 4.79 Å². The highest BCUT2D eigenvalue weighted by molar-refractivity contribution is 5.94. The normalized spacial score (nSPS) is 14.6. The van der Waals surface area contributed by atoms with Crippen molar-refractivity contribution in [3.05, 3.63) is 69.3 Å². The maximum absolute atomic E-state index is 12.8. The average Bonchev–Trinajstić information content (AvgIpc) is 3.06. The molecule has 3 aromatic rings. The van der Waals surface area contributed by atoms with Crippen LogP contribution in [0.4, 0.5) is 0 Å². The fourth-order valence-electron chi connectivity index (χ4n) is 3.57. The van der Waals surface area contributed by atoms with E-state index in [9.17, 15) is 14.7 Å². The Morgan fingerprint density at radius 3 is 2.76 bits per heavy atom. The second kappa shape index (κ2) is 5.86. The lowest BCUT2D eigenvalue weighted by molar-refractivity contribution is 0.0698. The van der Waals surface area contributed by atoms with Crippen molar-refractivity contribution in [3.8, 4) is 0 Å². The Balaban J connectivity index is 1.76. The van der Waals surface area contributed by atoms with E-state index in [4.69, 9.17) is 0 Å². The van der Waals surface area contributed by atoms with Gasteiger partial charge in [0.1, 0.15) is 5.56 Å². The predicted molar refractivity (Wildman–Crippen MR) is 91.7 cm³/mol. The minimum Gasteiger partial charge on any atom is -0.477 e. The molecule has 0 amide bonds. The molecule has 0 fully saturated rings. The Labute approximate surface area is 143 Å². The molecule has 0 bridgehead atoms. The van der Waals surface area contributed by atoms with Crippen molar-refractivity contribution in [3.63, 3.8) is 0 Å². The van der Waals surface area contributed by atoms with Gasteiger partial charge in [0, 0.05) is 38.8 Å². The van der Waals surface area contributed by atoms with E-state index in [0.29, 0.717) is 24.2 Å². The van der Waals surface area contributed by atoms with E-state index in [1.165, 1.54) is 16.3 Å². The highest BCUT2D eigenvalue weighted by Crippen LogP contribution is 2.20. The molecule has 7 nitrogen and oxygen atoms in total. The molecule has 0 radical (unpaired) electrons. The lowest BCUT2D eigenvalue weighted by Crippen LogP contribution is -2.38. The van der Waals surface area contributed by atoms with Crippen LogP contribution in [0.25, 0.3) is 5.65 Å². The number of aromatic carboxylic acids is 1. The highest BCUT2D eigenvalue weighted by atomic mass is 16.4. The van der Waals surface area contributed by atoms with Gasteiger partial charge in [0.15, 0.2) is 5.65 Å². The van der Waals surface area contributed by atoms with Crippen LogP contribution in [0.2, 0.25) is 0 Å². The Morgan fingerprint density at radius 2 is 2.04 bits per heavy atom. The van der Waals surface area contributed by atoms with E-state index in [-0.39, 0.29) is 11.1 Å². The number of aromatic nitrogens is 3. The Bertz CT molecular complexity index is 1020. The fourth-order valence-corrected chi connectivity index (χ4v) is 3.57. The Kier molecular flexibility index (Phi) is 3.65. The molecular formula is C18H18N4O3. The van der Waals surface area contributed by atoms with Crippen LogP contribution in [0.1, 0.15) is 27.2 Å². The molecule has 0 saturated carbocycles. The summed E-state index contributed by atoms with van der Waals surface area (Å²) < 4.78 is 3.00. The van der Waals surface area contributed by atoms with E-state index >= 15 is 0 Å². The van der Waals surface area contributed by atoms with Gasteiger partial charge >= 0.3 is 5.97 Å². The standard InChI is InChI=1S/C18H18N4O3/c1-20-15-7-8-21(10-12-5-3-2-4-6-12)11-14(15)17(23)22-16(20)13(9-19-22)18(24)25/h2-6,9H,7-8,10-11H2,1H3,(H,24,25). The number of hydrogen-bond donors (Lipinski definition) is 1. The van der Waals surface area contributed by atoms with E-state index in [0.717, 1.165) is 18.8 Å². The lowest BCUT2D eigenvalue weighted by atomic mass is 10.1. The first-order valence-electron chi connectivity index (χ1n) is 8.14. The number of hydrogen-bond acceptors (Lipinski definition) is 4. The van der Waals surface area contributed by atoms with Crippen molar-refractivity contribution in [2.45, 2.75) is 19.5 Å². The average molecular weight is 338 g/mol. The molecule has 0 saturated heterocycles. The van der Waals surface area contributed by atoms with Gasteiger partial charge in [-0.3, -0.25) is 9.69 Å². The van der Waals surface area contributed by atoms with E-state index in [2.05, 4.69) is 22.1 Å². The van der Waals surface area contributed by atoms with E-state index in [1.807, 2.05) is 18.2 Å². The van der Waals surface area contributed by atoms with E-state index in [1.54, 1.807) is 11.6 Å². The Hall–Kier alpha value is -2.93. The molecule has 0 aliphatic carbocycles. The summed E-state index contributed by atoms with van der Waals surface area (Å²) in [4.78, 5) is 26.4. The van der Waals surface area contributed by atoms with Gasteiger partial charge in [-0.2, -0.15) is 9.61 Å². The number of carbonyl (C=O) groups is 1. The number of carboxylic acid groups (broad SMARTS) is 1. The molecular weight excluding hydrogens is 320 g/mol. The summed E-state index contributed by atoms with van der Waals surface area (Å²) in [6, 6.07) is 10.1. The molecule has 1 aliphatic heterocycles. The summed E-state index contributed by atoms with van der Waals surface area (Å²) >= 11 is 0. The maximum Gasteiger partial charge on any atom is 0.341 e. The van der Waals surface area contributed by atoms with Crippen LogP contribution in [0.5, 0.6) is 0 Å². The monoisotopic (exact) mass is 338 g/mol. The van der Waals surface area contributed by atoms with Crippen molar-refractivity contribution < 1.29 is 9.90 Å². The van der Waals surface area contributed by atoms with E-state index < -0.39 is 5.97 Å². The van der Waals surface area contributed by atoms with Crippen LogP contribution in [0.3, 0.4) is 0 Å². The minimum atomic E-state index is -1.08. The van der Waals surface area contributed by atoms with Crippen molar-refractivity contribution in [2.24, 2.45) is 7.05 Å². The van der Waals surface area contributed by atoms with Crippen molar-refractivity contribution in [1.29, 1.82) is 0 Å². The van der Waals surface area contributed by atoms with Crippen LogP contribution >= 0.6 is 0 Å². The van der Waals surface area contributed by atoms with Crippen molar-refractivity contribution >= 4 is 11.6 Å². The zero-order chi connectivity index (χ0) is 17.6. The summed E-state index contributed by atoms with van der Waals surface area (Å²) in [5.41, 5.74) is 2.95. The maximum atomic E-state index is 12.8. The van der Waals surface area contributed by atoms with Gasteiger partial charge < -0.3 is 9.67 Å². The van der Waals surface area contributed by atoms with Crippen molar-refractivity contribution in [1.82, 2.24) is 19.1 Å². The van der Waals surface area contributed by atoms with Crippen LogP contribution in [-0.4, -0.2) is 36.7 Å². The first-order valence-corrected chi connectivity index (χ1v) is 8.14. The number of aryl methyl sites for hydroxylation is 1. The quantitative estimate of drug-likeness (QED) is 0.778. The van der Waals surface area contributed by atoms with Gasteiger partial charge in [-0.05, 0) is 5.56 Å². The van der Waals surface area contributed by atoms with Gasteiger partial charge in [0.05, 0.1) is 11.8 Å². The van der Waals surface area contributed by atoms with Crippen LogP contribution < -0.4 is 5.56 Å². The van der Waals surface area contributed by atoms with Crippen LogP contribution in [-0.2, 0) is 26.6 Å². The fraction of sp³-hybridized carbons (Fsp3) is 0.278. The number of fused-ring (bicyclic) bond motifs is 2. The zero-order valence-corrected chi connectivity index (χ0v) is 13.8. The largest absolute Gasteiger partial charge is 0.477 e. The molecule has 0 atom stereocenters. The number of benzene rings is 1. The second-order valence-electron chi connectivity index (χ2n) is 6.33. The second-order valence-corrected chi connectivity index (χ2v) is 6.33. The first kappa shape index (κ1) is 15.6.